The smallest absolute Gasteiger partial charge is 0.161 e. The van der Waals surface area contributed by atoms with Crippen molar-refractivity contribution in [2.75, 3.05) is 25.7 Å². The van der Waals surface area contributed by atoms with E-state index < -0.39 is 9.84 Å². The summed E-state index contributed by atoms with van der Waals surface area (Å²) in [5, 5.41) is 8.53. The Morgan fingerprint density at radius 2 is 2.00 bits per heavy atom. The van der Waals surface area contributed by atoms with Crippen LogP contribution in [0.25, 0.3) is 0 Å². The van der Waals surface area contributed by atoms with Gasteiger partial charge in [0.25, 0.3) is 0 Å². The van der Waals surface area contributed by atoms with E-state index in [0.29, 0.717) is 23.2 Å². The minimum atomic E-state index is -2.98. The standard InChI is InChI=1S/C14H18N2O4S2/c1-19-11-4-3-9(5-12(11)20-2)6-16-10-7-22(17,18)8-13(10)21-14(16)15/h3-5,10,13,15H,6-8H2,1-2H3/t10-,13+/m1/s1. The molecule has 2 saturated heterocycles. The van der Waals surface area contributed by atoms with Crippen LogP contribution in [0.3, 0.4) is 0 Å². The van der Waals surface area contributed by atoms with Crippen molar-refractivity contribution in [3.8, 4) is 11.5 Å². The highest BCUT2D eigenvalue weighted by atomic mass is 32.2. The van der Waals surface area contributed by atoms with Gasteiger partial charge in [-0.05, 0) is 17.7 Å². The van der Waals surface area contributed by atoms with Crippen molar-refractivity contribution in [1.29, 1.82) is 5.41 Å². The van der Waals surface area contributed by atoms with Gasteiger partial charge in [0.1, 0.15) is 0 Å². The van der Waals surface area contributed by atoms with Gasteiger partial charge >= 0.3 is 0 Å². The van der Waals surface area contributed by atoms with Crippen LogP contribution in [0.1, 0.15) is 5.56 Å². The van der Waals surface area contributed by atoms with E-state index >= 15 is 0 Å². The monoisotopic (exact) mass is 342 g/mol. The van der Waals surface area contributed by atoms with Gasteiger partial charge in [0.2, 0.25) is 0 Å². The quantitative estimate of drug-likeness (QED) is 0.890. The van der Waals surface area contributed by atoms with Crippen LogP contribution in [-0.4, -0.2) is 55.5 Å². The first-order valence-corrected chi connectivity index (χ1v) is 9.57. The molecule has 8 heteroatoms. The minimum Gasteiger partial charge on any atom is -0.493 e. The molecule has 2 fully saturated rings. The Bertz CT molecular complexity index is 705. The first kappa shape index (κ1) is 15.5. The fraction of sp³-hybridized carbons (Fsp3) is 0.500. The second-order valence-electron chi connectivity index (χ2n) is 5.42. The van der Waals surface area contributed by atoms with Crippen molar-refractivity contribution in [2.24, 2.45) is 0 Å². The molecular weight excluding hydrogens is 324 g/mol. The average molecular weight is 342 g/mol. The van der Waals surface area contributed by atoms with Gasteiger partial charge in [0.15, 0.2) is 26.5 Å². The zero-order chi connectivity index (χ0) is 15.9. The van der Waals surface area contributed by atoms with Gasteiger partial charge in [0, 0.05) is 11.8 Å². The topological polar surface area (TPSA) is 79.7 Å². The predicted octanol–water partition coefficient (Wildman–Crippen LogP) is 1.35. The van der Waals surface area contributed by atoms with Crippen LogP contribution >= 0.6 is 11.8 Å². The van der Waals surface area contributed by atoms with Crippen molar-refractivity contribution in [3.63, 3.8) is 0 Å². The molecule has 22 heavy (non-hydrogen) atoms. The highest BCUT2D eigenvalue weighted by molar-refractivity contribution is 8.15. The van der Waals surface area contributed by atoms with E-state index in [0.717, 1.165) is 5.56 Å². The summed E-state index contributed by atoms with van der Waals surface area (Å²) in [7, 11) is 0.178. The summed E-state index contributed by atoms with van der Waals surface area (Å²) in [6.45, 7) is 0.503. The molecule has 0 radical (unpaired) electrons. The SMILES string of the molecule is COc1ccc(CN2C(=N)S[C@H]3CS(=O)(=O)C[C@H]32)cc1OC. The number of hydrogen-bond donors (Lipinski definition) is 1. The lowest BCUT2D eigenvalue weighted by atomic mass is 10.1. The second-order valence-corrected chi connectivity index (χ2v) is 8.80. The summed E-state index contributed by atoms with van der Waals surface area (Å²) in [5.41, 5.74) is 0.966. The maximum absolute atomic E-state index is 11.8. The Morgan fingerprint density at radius 3 is 2.68 bits per heavy atom. The molecule has 120 valence electrons. The molecule has 2 heterocycles. The number of ether oxygens (including phenoxy) is 2. The van der Waals surface area contributed by atoms with Crippen LogP contribution in [0.4, 0.5) is 0 Å². The molecule has 6 nitrogen and oxygen atoms in total. The van der Waals surface area contributed by atoms with E-state index in [1.165, 1.54) is 11.8 Å². The van der Waals surface area contributed by atoms with E-state index in [9.17, 15) is 8.42 Å². The third kappa shape index (κ3) is 2.77. The molecular formula is C14H18N2O4S2. The number of rotatable bonds is 4. The number of hydrogen-bond acceptors (Lipinski definition) is 6. The summed E-state index contributed by atoms with van der Waals surface area (Å²) in [4.78, 5) is 1.88. The summed E-state index contributed by atoms with van der Waals surface area (Å²) in [6, 6.07) is 5.50. The van der Waals surface area contributed by atoms with Crippen LogP contribution in [0, 0.1) is 5.41 Å². The number of amidine groups is 1. The molecule has 0 aliphatic carbocycles. The van der Waals surface area contributed by atoms with Gasteiger partial charge in [0.05, 0.1) is 31.8 Å². The van der Waals surface area contributed by atoms with Gasteiger partial charge in [-0.2, -0.15) is 0 Å². The van der Waals surface area contributed by atoms with Gasteiger partial charge in [-0.3, -0.25) is 5.41 Å². The molecule has 0 bridgehead atoms. The van der Waals surface area contributed by atoms with E-state index in [2.05, 4.69) is 0 Å². The van der Waals surface area contributed by atoms with Gasteiger partial charge in [-0.15, -0.1) is 0 Å². The van der Waals surface area contributed by atoms with E-state index in [1.807, 2.05) is 23.1 Å². The van der Waals surface area contributed by atoms with E-state index in [1.54, 1.807) is 14.2 Å². The lowest BCUT2D eigenvalue weighted by Gasteiger charge is -2.24. The van der Waals surface area contributed by atoms with Crippen LogP contribution in [0.2, 0.25) is 0 Å². The number of sulfone groups is 1. The van der Waals surface area contributed by atoms with Crippen LogP contribution < -0.4 is 9.47 Å². The van der Waals surface area contributed by atoms with Crippen LogP contribution in [0.5, 0.6) is 11.5 Å². The Balaban J connectivity index is 1.82. The molecule has 2 aliphatic rings. The molecule has 1 N–H and O–H groups in total. The highest BCUT2D eigenvalue weighted by Crippen LogP contribution is 2.38. The lowest BCUT2D eigenvalue weighted by Crippen LogP contribution is -2.36. The van der Waals surface area contributed by atoms with Crippen molar-refractivity contribution >= 4 is 26.8 Å². The molecule has 2 aliphatic heterocycles. The number of benzene rings is 1. The maximum Gasteiger partial charge on any atom is 0.161 e. The first-order chi connectivity index (χ1) is 10.4. The zero-order valence-electron chi connectivity index (χ0n) is 12.4. The fourth-order valence-electron chi connectivity index (χ4n) is 2.93. The Kier molecular flexibility index (Phi) is 3.98. The normalized spacial score (nSPS) is 26.1. The third-order valence-corrected chi connectivity index (χ3v) is 7.17. The summed E-state index contributed by atoms with van der Waals surface area (Å²) in [6.07, 6.45) is 0. The molecule has 0 amide bonds. The number of nitrogens with one attached hydrogen (secondary N) is 1. The summed E-state index contributed by atoms with van der Waals surface area (Å²) < 4.78 is 34.1. The van der Waals surface area contributed by atoms with Gasteiger partial charge < -0.3 is 14.4 Å². The largest absolute Gasteiger partial charge is 0.493 e. The average Bonchev–Trinajstić information content (AvgIpc) is 2.91. The van der Waals surface area contributed by atoms with Gasteiger partial charge in [-0.1, -0.05) is 17.8 Å². The highest BCUT2D eigenvalue weighted by Gasteiger charge is 2.47. The van der Waals surface area contributed by atoms with E-state index in [4.69, 9.17) is 14.9 Å². The molecule has 1 aromatic carbocycles. The Morgan fingerprint density at radius 1 is 1.27 bits per heavy atom. The van der Waals surface area contributed by atoms with E-state index in [-0.39, 0.29) is 22.8 Å². The van der Waals surface area contributed by atoms with Crippen LogP contribution in [0.15, 0.2) is 18.2 Å². The molecule has 1 aromatic rings. The Hall–Kier alpha value is -1.41. The number of methoxy groups -OCH3 is 2. The molecule has 0 aromatic heterocycles. The van der Waals surface area contributed by atoms with Crippen molar-refractivity contribution in [3.05, 3.63) is 23.8 Å². The third-order valence-electron chi connectivity index (χ3n) is 4.00. The first-order valence-electron chi connectivity index (χ1n) is 6.86. The fourth-order valence-corrected chi connectivity index (χ4v) is 6.76. The Labute approximate surface area is 134 Å². The molecule has 2 atom stereocenters. The summed E-state index contributed by atoms with van der Waals surface area (Å²) >= 11 is 1.36. The predicted molar refractivity (Wildman–Crippen MR) is 86.6 cm³/mol. The van der Waals surface area contributed by atoms with Crippen molar-refractivity contribution < 1.29 is 17.9 Å². The number of fused-ring (bicyclic) bond motifs is 1. The van der Waals surface area contributed by atoms with Crippen LogP contribution in [-0.2, 0) is 16.4 Å². The van der Waals surface area contributed by atoms with Crippen molar-refractivity contribution in [1.82, 2.24) is 4.90 Å². The lowest BCUT2D eigenvalue weighted by molar-refractivity contribution is 0.341. The minimum absolute atomic E-state index is 0.0161. The van der Waals surface area contributed by atoms with Crippen molar-refractivity contribution in [2.45, 2.75) is 17.8 Å². The van der Waals surface area contributed by atoms with Gasteiger partial charge in [-0.25, -0.2) is 8.42 Å². The molecule has 3 rings (SSSR count). The number of thioether (sulfide) groups is 1. The summed E-state index contributed by atoms with van der Waals surface area (Å²) in [5.74, 6) is 1.60. The molecule has 0 saturated carbocycles. The molecule has 0 spiro atoms. The number of nitrogens with zero attached hydrogens (tertiary/aromatic N) is 1. The second kappa shape index (κ2) is 5.66. The zero-order valence-corrected chi connectivity index (χ0v) is 14.0. The molecule has 0 unspecified atom stereocenters. The maximum atomic E-state index is 11.8.